The molecule has 0 aliphatic carbocycles. The lowest BCUT2D eigenvalue weighted by atomic mass is 10.2. The van der Waals surface area contributed by atoms with Gasteiger partial charge in [-0.2, -0.15) is 0 Å². The molecule has 1 heterocycles. The molecule has 1 aliphatic rings. The molecule has 0 aromatic rings. The van der Waals surface area contributed by atoms with Gasteiger partial charge in [0.15, 0.2) is 0 Å². The van der Waals surface area contributed by atoms with Crippen molar-refractivity contribution in [2.75, 3.05) is 13.1 Å². The Morgan fingerprint density at radius 2 is 1.80 bits per heavy atom. The standard InChI is InChI=1S/C16H33N3O/c1-7-9-15-17-14(8-2)16(20)19(15)11-10-18(12(3)4)13(5)6/h12-15,17H,7-11H2,1-6H3. The number of hydrogen-bond acceptors (Lipinski definition) is 3. The third-order valence-electron chi connectivity index (χ3n) is 4.25. The van der Waals surface area contributed by atoms with Gasteiger partial charge in [0.2, 0.25) is 5.91 Å². The minimum atomic E-state index is 0.0260. The highest BCUT2D eigenvalue weighted by molar-refractivity contribution is 5.84. The molecule has 4 heteroatoms. The van der Waals surface area contributed by atoms with Crippen molar-refractivity contribution in [1.29, 1.82) is 0 Å². The molecule has 1 fully saturated rings. The van der Waals surface area contributed by atoms with Crippen LogP contribution < -0.4 is 5.32 Å². The first-order valence-corrected chi connectivity index (χ1v) is 8.24. The molecule has 118 valence electrons. The third-order valence-corrected chi connectivity index (χ3v) is 4.25. The Morgan fingerprint density at radius 1 is 1.20 bits per heavy atom. The SMILES string of the molecule is CCCC1NC(CC)C(=O)N1CCN(C(C)C)C(C)C. The Hall–Kier alpha value is -0.610. The highest BCUT2D eigenvalue weighted by atomic mass is 16.2. The summed E-state index contributed by atoms with van der Waals surface area (Å²) in [4.78, 5) is 16.9. The molecule has 1 aliphatic heterocycles. The lowest BCUT2D eigenvalue weighted by Crippen LogP contribution is -2.46. The molecule has 0 bridgehead atoms. The fourth-order valence-corrected chi connectivity index (χ4v) is 3.15. The quantitative estimate of drug-likeness (QED) is 0.743. The van der Waals surface area contributed by atoms with Crippen LogP contribution in [0.4, 0.5) is 0 Å². The number of rotatable bonds is 8. The van der Waals surface area contributed by atoms with Gasteiger partial charge in [-0.1, -0.05) is 20.3 Å². The number of hydrogen-bond donors (Lipinski definition) is 1. The van der Waals surface area contributed by atoms with Crippen molar-refractivity contribution < 1.29 is 4.79 Å². The van der Waals surface area contributed by atoms with Crippen LogP contribution in [-0.2, 0) is 4.79 Å². The van der Waals surface area contributed by atoms with E-state index in [2.05, 4.69) is 56.7 Å². The van der Waals surface area contributed by atoms with Crippen molar-refractivity contribution in [3.8, 4) is 0 Å². The van der Waals surface area contributed by atoms with Gasteiger partial charge in [-0.3, -0.25) is 15.0 Å². The lowest BCUT2D eigenvalue weighted by molar-refractivity contribution is -0.130. The summed E-state index contributed by atoms with van der Waals surface area (Å²) < 4.78 is 0. The normalized spacial score (nSPS) is 23.6. The molecular weight excluding hydrogens is 250 g/mol. The van der Waals surface area contributed by atoms with Crippen molar-refractivity contribution in [3.05, 3.63) is 0 Å². The topological polar surface area (TPSA) is 35.6 Å². The zero-order chi connectivity index (χ0) is 15.3. The van der Waals surface area contributed by atoms with Crippen molar-refractivity contribution in [3.63, 3.8) is 0 Å². The van der Waals surface area contributed by atoms with Gasteiger partial charge in [-0.15, -0.1) is 0 Å². The summed E-state index contributed by atoms with van der Waals surface area (Å²) in [5.41, 5.74) is 0. The zero-order valence-corrected chi connectivity index (χ0v) is 14.1. The highest BCUT2D eigenvalue weighted by Crippen LogP contribution is 2.17. The minimum absolute atomic E-state index is 0.0260. The first-order valence-electron chi connectivity index (χ1n) is 8.24. The first kappa shape index (κ1) is 17.4. The van der Waals surface area contributed by atoms with Crippen LogP contribution in [0.5, 0.6) is 0 Å². The Kier molecular flexibility index (Phi) is 6.96. The summed E-state index contributed by atoms with van der Waals surface area (Å²) in [7, 11) is 0. The smallest absolute Gasteiger partial charge is 0.241 e. The van der Waals surface area contributed by atoms with E-state index < -0.39 is 0 Å². The predicted octanol–water partition coefficient (Wildman–Crippen LogP) is 2.44. The fourth-order valence-electron chi connectivity index (χ4n) is 3.15. The maximum atomic E-state index is 12.4. The van der Waals surface area contributed by atoms with E-state index >= 15 is 0 Å². The first-order chi connectivity index (χ1) is 9.42. The van der Waals surface area contributed by atoms with E-state index in [0.717, 1.165) is 32.4 Å². The number of amides is 1. The van der Waals surface area contributed by atoms with E-state index in [-0.39, 0.29) is 12.2 Å². The van der Waals surface area contributed by atoms with Gasteiger partial charge < -0.3 is 4.90 Å². The highest BCUT2D eigenvalue weighted by Gasteiger charge is 2.37. The molecule has 1 amide bonds. The maximum absolute atomic E-state index is 12.4. The van der Waals surface area contributed by atoms with Gasteiger partial charge in [0.25, 0.3) is 0 Å². The monoisotopic (exact) mass is 283 g/mol. The molecule has 0 aromatic carbocycles. The van der Waals surface area contributed by atoms with Crippen molar-refractivity contribution in [2.24, 2.45) is 0 Å². The van der Waals surface area contributed by atoms with Crippen molar-refractivity contribution in [1.82, 2.24) is 15.1 Å². The van der Waals surface area contributed by atoms with Crippen molar-refractivity contribution >= 4 is 5.91 Å². The van der Waals surface area contributed by atoms with E-state index in [1.165, 1.54) is 0 Å². The molecule has 1 N–H and O–H groups in total. The van der Waals surface area contributed by atoms with Crippen molar-refractivity contribution in [2.45, 2.75) is 85.1 Å². The fraction of sp³-hybridized carbons (Fsp3) is 0.938. The van der Waals surface area contributed by atoms with Gasteiger partial charge in [0.1, 0.15) is 0 Å². The van der Waals surface area contributed by atoms with Crippen LogP contribution in [0, 0.1) is 0 Å². The maximum Gasteiger partial charge on any atom is 0.241 e. The van der Waals surface area contributed by atoms with E-state index in [0.29, 0.717) is 18.0 Å². The van der Waals surface area contributed by atoms with Crippen LogP contribution >= 0.6 is 0 Å². The molecule has 0 aromatic heterocycles. The second kappa shape index (κ2) is 7.99. The van der Waals surface area contributed by atoms with Gasteiger partial charge >= 0.3 is 0 Å². The molecule has 20 heavy (non-hydrogen) atoms. The van der Waals surface area contributed by atoms with E-state index in [4.69, 9.17) is 0 Å². The summed E-state index contributed by atoms with van der Waals surface area (Å²) in [5.74, 6) is 0.290. The zero-order valence-electron chi connectivity index (χ0n) is 14.1. The molecule has 2 unspecified atom stereocenters. The van der Waals surface area contributed by atoms with Crippen LogP contribution in [0.15, 0.2) is 0 Å². The molecule has 1 rings (SSSR count). The van der Waals surface area contributed by atoms with E-state index in [1.54, 1.807) is 0 Å². The number of nitrogens with one attached hydrogen (secondary N) is 1. The van der Waals surface area contributed by atoms with Crippen LogP contribution in [0.3, 0.4) is 0 Å². The largest absolute Gasteiger partial charge is 0.325 e. The molecule has 1 saturated heterocycles. The van der Waals surface area contributed by atoms with E-state index in [9.17, 15) is 4.79 Å². The molecule has 0 spiro atoms. The summed E-state index contributed by atoms with van der Waals surface area (Å²) >= 11 is 0. The number of nitrogens with zero attached hydrogens (tertiary/aromatic N) is 2. The average Bonchev–Trinajstić information content (AvgIpc) is 2.66. The minimum Gasteiger partial charge on any atom is -0.325 e. The third kappa shape index (κ3) is 4.19. The van der Waals surface area contributed by atoms with Gasteiger partial charge in [0, 0.05) is 25.2 Å². The van der Waals surface area contributed by atoms with Crippen LogP contribution in [0.1, 0.15) is 60.8 Å². The Bertz CT molecular complexity index is 296. The summed E-state index contributed by atoms with van der Waals surface area (Å²) in [6.07, 6.45) is 3.27. The molecule has 2 atom stereocenters. The van der Waals surface area contributed by atoms with Gasteiger partial charge in [-0.05, 0) is 40.5 Å². The average molecular weight is 283 g/mol. The molecular formula is C16H33N3O. The Balaban J connectivity index is 2.65. The predicted molar refractivity (Wildman–Crippen MR) is 84.6 cm³/mol. The number of carbonyl (C=O) groups is 1. The Morgan fingerprint density at radius 3 is 2.25 bits per heavy atom. The second-order valence-electron chi connectivity index (χ2n) is 6.39. The molecule has 0 saturated carbocycles. The summed E-state index contributed by atoms with van der Waals surface area (Å²) in [5, 5.41) is 3.48. The van der Waals surface area contributed by atoms with Gasteiger partial charge in [0.05, 0.1) is 12.2 Å². The Labute approximate surface area is 124 Å². The van der Waals surface area contributed by atoms with Crippen LogP contribution in [0.25, 0.3) is 0 Å². The summed E-state index contributed by atoms with van der Waals surface area (Å²) in [6, 6.07) is 1.07. The number of carbonyl (C=O) groups excluding carboxylic acids is 1. The summed E-state index contributed by atoms with van der Waals surface area (Å²) in [6.45, 7) is 15.0. The van der Waals surface area contributed by atoms with Crippen LogP contribution in [-0.4, -0.2) is 53.1 Å². The van der Waals surface area contributed by atoms with Gasteiger partial charge in [-0.25, -0.2) is 0 Å². The van der Waals surface area contributed by atoms with E-state index in [1.807, 2.05) is 0 Å². The lowest BCUT2D eigenvalue weighted by Gasteiger charge is -2.33. The second-order valence-corrected chi connectivity index (χ2v) is 6.39. The molecule has 0 radical (unpaired) electrons. The van der Waals surface area contributed by atoms with Crippen LogP contribution in [0.2, 0.25) is 0 Å². The molecule has 4 nitrogen and oxygen atoms in total.